The molecule has 13 nitrogen and oxygen atoms in total. The van der Waals surface area contributed by atoms with Crippen LogP contribution in [0.3, 0.4) is 0 Å². The fourth-order valence-electron chi connectivity index (χ4n) is 7.07. The number of nitrogens with one attached hydrogen (secondary N) is 1. The third-order valence-corrected chi connectivity index (χ3v) is 9.29. The average molecular weight is 596 g/mol. The van der Waals surface area contributed by atoms with Crippen LogP contribution in [0.5, 0.6) is 5.75 Å². The number of anilines is 1. The van der Waals surface area contributed by atoms with E-state index in [1.165, 1.54) is 19.0 Å². The molecule has 3 aliphatic rings. The monoisotopic (exact) mass is 595 g/mol. The van der Waals surface area contributed by atoms with Crippen molar-refractivity contribution in [1.82, 2.24) is 10.2 Å². The molecule has 1 saturated carbocycles. The lowest BCUT2D eigenvalue weighted by molar-refractivity contribution is -0.139. The summed E-state index contributed by atoms with van der Waals surface area (Å²) in [5.41, 5.74) is 12.9. The van der Waals surface area contributed by atoms with Crippen molar-refractivity contribution in [2.45, 2.75) is 56.8 Å². The van der Waals surface area contributed by atoms with Gasteiger partial charge in [0.1, 0.15) is 22.8 Å². The summed E-state index contributed by atoms with van der Waals surface area (Å²) in [7, 11) is 6.53. The highest BCUT2D eigenvalue weighted by Gasteiger charge is 2.74. The van der Waals surface area contributed by atoms with Gasteiger partial charge in [0.2, 0.25) is 0 Å². The Morgan fingerprint density at radius 1 is 1.21 bits per heavy atom. The van der Waals surface area contributed by atoms with Gasteiger partial charge >= 0.3 is 0 Å². The molecule has 232 valence electrons. The maximum atomic E-state index is 14.5. The highest BCUT2D eigenvalue weighted by Crippen LogP contribution is 2.59. The van der Waals surface area contributed by atoms with E-state index in [-0.39, 0.29) is 24.3 Å². The number of fused-ring (bicyclic) bond motifs is 3. The first-order valence-corrected chi connectivity index (χ1v) is 14.1. The maximum absolute atomic E-state index is 14.5. The molecule has 0 heterocycles. The molecule has 1 amide bonds. The lowest BCUT2D eigenvalue weighted by Gasteiger charge is -2.58. The number of aliphatic hydroxyl groups excluding tert-OH is 2. The number of nitriles is 1. The van der Waals surface area contributed by atoms with Crippen LogP contribution >= 0.6 is 0 Å². The topological polar surface area (TPSA) is 232 Å². The SMILES string of the molecule is CCC(C)CNCc1cc(N(C)C)c2c(c1O)C(O)=C1C(=O)[C@]3(C#N)C(O)=C(C(N)=O)C(=O)[C@@H](N(C)C)[C@]3(N)C[C@]1(N)C2. The normalized spacial score (nSPS) is 29.2. The summed E-state index contributed by atoms with van der Waals surface area (Å²) in [6.45, 7) is 5.11. The zero-order valence-electron chi connectivity index (χ0n) is 25.4. The van der Waals surface area contributed by atoms with Crippen LogP contribution in [0.1, 0.15) is 43.4 Å². The van der Waals surface area contributed by atoms with Crippen LogP contribution in [0.25, 0.3) is 5.76 Å². The number of rotatable bonds is 8. The molecular formula is C30H41N7O6. The van der Waals surface area contributed by atoms with Crippen molar-refractivity contribution in [3.05, 3.63) is 39.7 Å². The molecule has 10 N–H and O–H groups in total. The van der Waals surface area contributed by atoms with Crippen molar-refractivity contribution in [1.29, 1.82) is 5.26 Å². The number of hydrogen-bond donors (Lipinski definition) is 7. The molecule has 13 heteroatoms. The predicted molar refractivity (Wildman–Crippen MR) is 160 cm³/mol. The molecule has 3 aliphatic carbocycles. The summed E-state index contributed by atoms with van der Waals surface area (Å²) in [5.74, 6) is -5.17. The first-order valence-electron chi connectivity index (χ1n) is 14.1. The van der Waals surface area contributed by atoms with E-state index in [4.69, 9.17) is 17.2 Å². The lowest BCUT2D eigenvalue weighted by atomic mass is 9.47. The molecule has 0 aliphatic heterocycles. The summed E-state index contributed by atoms with van der Waals surface area (Å²) < 4.78 is 0. The van der Waals surface area contributed by atoms with Gasteiger partial charge in [-0.1, -0.05) is 20.3 Å². The number of ketones is 2. The van der Waals surface area contributed by atoms with Crippen LogP contribution in [-0.2, 0) is 27.3 Å². The van der Waals surface area contributed by atoms with Crippen LogP contribution in [0.15, 0.2) is 23.0 Å². The molecule has 0 aromatic heterocycles. The number of amides is 1. The number of hydrogen-bond acceptors (Lipinski definition) is 12. The molecule has 0 spiro atoms. The number of carbonyl (C=O) groups is 3. The largest absolute Gasteiger partial charge is 0.509 e. The molecule has 0 saturated heterocycles. The molecule has 1 fully saturated rings. The number of aromatic hydroxyl groups is 1. The van der Waals surface area contributed by atoms with Crippen LogP contribution in [0.4, 0.5) is 5.69 Å². The molecular weight excluding hydrogens is 554 g/mol. The van der Waals surface area contributed by atoms with Gasteiger partial charge < -0.3 is 42.7 Å². The first kappa shape index (κ1) is 32.0. The molecule has 1 unspecified atom stereocenters. The fraction of sp³-hybridized carbons (Fsp3) is 0.533. The van der Waals surface area contributed by atoms with E-state index in [1.807, 2.05) is 0 Å². The van der Waals surface area contributed by atoms with Crippen LogP contribution in [0, 0.1) is 22.7 Å². The molecule has 43 heavy (non-hydrogen) atoms. The molecule has 4 rings (SSSR count). The third kappa shape index (κ3) is 4.31. The van der Waals surface area contributed by atoms with E-state index >= 15 is 0 Å². The van der Waals surface area contributed by atoms with Crippen LogP contribution in [-0.4, -0.2) is 89.5 Å². The van der Waals surface area contributed by atoms with Crippen LogP contribution in [0.2, 0.25) is 0 Å². The Balaban J connectivity index is 2.04. The Morgan fingerprint density at radius 2 is 1.84 bits per heavy atom. The number of phenols is 1. The summed E-state index contributed by atoms with van der Waals surface area (Å²) in [5, 5.41) is 48.4. The highest BCUT2D eigenvalue weighted by atomic mass is 16.3. The summed E-state index contributed by atoms with van der Waals surface area (Å²) in [4.78, 5) is 43.6. The lowest BCUT2D eigenvalue weighted by Crippen LogP contribution is -2.80. The summed E-state index contributed by atoms with van der Waals surface area (Å²) in [6.07, 6.45) is 0.438. The second-order valence-corrected chi connectivity index (χ2v) is 12.6. The van der Waals surface area contributed by atoms with Crippen molar-refractivity contribution in [3.8, 4) is 11.8 Å². The van der Waals surface area contributed by atoms with Gasteiger partial charge in [-0.15, -0.1) is 0 Å². The minimum Gasteiger partial charge on any atom is -0.509 e. The van der Waals surface area contributed by atoms with E-state index in [1.54, 1.807) is 31.1 Å². The Morgan fingerprint density at radius 3 is 2.35 bits per heavy atom. The Bertz CT molecular complexity index is 1530. The number of phenolic OH excluding ortho intramolecular Hbond substituents is 1. The Hall–Kier alpha value is -3.96. The number of nitrogens with zero attached hydrogens (tertiary/aromatic N) is 3. The van der Waals surface area contributed by atoms with Gasteiger partial charge in [-0.3, -0.25) is 19.3 Å². The summed E-state index contributed by atoms with van der Waals surface area (Å²) in [6, 6.07) is 2.12. The van der Waals surface area contributed by atoms with E-state index in [0.29, 0.717) is 29.3 Å². The number of benzene rings is 1. The fourth-order valence-corrected chi connectivity index (χ4v) is 7.07. The van der Waals surface area contributed by atoms with E-state index in [0.717, 1.165) is 6.42 Å². The minimum absolute atomic E-state index is 0.0248. The second kappa shape index (κ2) is 10.6. The predicted octanol–water partition coefficient (Wildman–Crippen LogP) is 0.107. The second-order valence-electron chi connectivity index (χ2n) is 12.6. The van der Waals surface area contributed by atoms with Crippen LogP contribution < -0.4 is 27.4 Å². The third-order valence-electron chi connectivity index (χ3n) is 9.29. The number of aliphatic hydroxyl groups is 2. The number of Topliss-reactive ketones (excluding diaryl/α,β-unsaturated/α-hetero) is 2. The molecule has 5 atom stereocenters. The van der Waals surface area contributed by atoms with Crippen molar-refractivity contribution in [2.24, 2.45) is 28.5 Å². The molecule has 1 aromatic carbocycles. The zero-order valence-corrected chi connectivity index (χ0v) is 25.4. The maximum Gasteiger partial charge on any atom is 0.255 e. The van der Waals surface area contributed by atoms with Crippen molar-refractivity contribution >= 4 is 28.9 Å². The van der Waals surface area contributed by atoms with Gasteiger partial charge in [-0.25, -0.2) is 0 Å². The van der Waals surface area contributed by atoms with E-state index < -0.39 is 69.1 Å². The molecule has 0 bridgehead atoms. The highest BCUT2D eigenvalue weighted by molar-refractivity contribution is 6.25. The van der Waals surface area contributed by atoms with Crippen molar-refractivity contribution in [2.75, 3.05) is 39.6 Å². The number of carbonyl (C=O) groups excluding carboxylic acids is 3. The number of likely N-dealkylation sites (N-methyl/N-ethyl adjacent to an activating group) is 1. The van der Waals surface area contributed by atoms with Gasteiger partial charge in [-0.05, 0) is 51.0 Å². The zero-order chi connectivity index (χ0) is 32.4. The average Bonchev–Trinajstić information content (AvgIpc) is 2.88. The first-order chi connectivity index (χ1) is 19.9. The minimum atomic E-state index is -2.70. The van der Waals surface area contributed by atoms with Gasteiger partial charge in [-0.2, -0.15) is 5.26 Å². The number of primary amides is 1. The van der Waals surface area contributed by atoms with Gasteiger partial charge in [0, 0.05) is 31.9 Å². The number of nitrogens with two attached hydrogens (primary N) is 3. The van der Waals surface area contributed by atoms with Gasteiger partial charge in [0.15, 0.2) is 17.0 Å². The smallest absolute Gasteiger partial charge is 0.255 e. The Labute approximate surface area is 250 Å². The molecule has 1 aromatic rings. The van der Waals surface area contributed by atoms with Crippen molar-refractivity contribution in [3.63, 3.8) is 0 Å². The molecule has 0 radical (unpaired) electrons. The van der Waals surface area contributed by atoms with E-state index in [9.17, 15) is 35.0 Å². The standard InChI is InChI=1S/C30H41N7O6/c1-7-14(2)10-35-11-15-8-17(36(3)4)16-9-28(33)12-30(34)24(37(5)6)23(40)19(27(32)43)25(41)29(30,13-31)26(42)20(28)22(39)18(16)21(15)38/h8,14,24,35,38-39,41H,7,9-12,33-34H2,1-6H3,(H2,32,43)/t14?,24-,28-,29+,30-/m1/s1. The van der Waals surface area contributed by atoms with Gasteiger partial charge in [0.05, 0.1) is 34.3 Å². The van der Waals surface area contributed by atoms with Crippen molar-refractivity contribution < 1.29 is 29.7 Å². The van der Waals surface area contributed by atoms with E-state index in [2.05, 4.69) is 19.2 Å². The van der Waals surface area contributed by atoms with Gasteiger partial charge in [0.25, 0.3) is 5.91 Å². The summed E-state index contributed by atoms with van der Waals surface area (Å²) >= 11 is 0. The quantitative estimate of drug-likeness (QED) is 0.198. The Kier molecular flexibility index (Phi) is 7.91.